The summed E-state index contributed by atoms with van der Waals surface area (Å²) < 4.78 is 0. The lowest BCUT2D eigenvalue weighted by Crippen LogP contribution is -2.39. The Balaban J connectivity index is 1.65. The molecule has 90 valence electrons. The molecule has 0 radical (unpaired) electrons. The molecule has 16 heavy (non-hydrogen) atoms. The Hall–Kier alpha value is -1.10. The minimum absolute atomic E-state index is 0.0658. The van der Waals surface area contributed by atoms with Gasteiger partial charge in [0.1, 0.15) is 6.54 Å². The van der Waals surface area contributed by atoms with Crippen LogP contribution in [-0.2, 0) is 14.4 Å². The fourth-order valence-corrected chi connectivity index (χ4v) is 2.23. The molecule has 2 amide bonds. The van der Waals surface area contributed by atoms with Crippen molar-refractivity contribution in [3.63, 3.8) is 0 Å². The van der Waals surface area contributed by atoms with Crippen molar-refractivity contribution in [3.05, 3.63) is 0 Å². The molecule has 0 spiro atoms. The van der Waals surface area contributed by atoms with Crippen LogP contribution in [-0.4, -0.2) is 35.9 Å². The van der Waals surface area contributed by atoms with Gasteiger partial charge in [0.2, 0.25) is 5.91 Å². The van der Waals surface area contributed by atoms with E-state index in [0.29, 0.717) is 13.0 Å². The van der Waals surface area contributed by atoms with E-state index < -0.39 is 0 Å². The summed E-state index contributed by atoms with van der Waals surface area (Å²) >= 11 is 0. The van der Waals surface area contributed by atoms with E-state index in [9.17, 15) is 9.59 Å². The largest absolute Gasteiger partial charge is 0.333 e. The van der Waals surface area contributed by atoms with Gasteiger partial charge in [0.15, 0.2) is 0 Å². The predicted octanol–water partition coefficient (Wildman–Crippen LogP) is 0.599. The quantitative estimate of drug-likeness (QED) is 0.714. The van der Waals surface area contributed by atoms with E-state index in [0.717, 1.165) is 19.3 Å². The summed E-state index contributed by atoms with van der Waals surface area (Å²) in [6.45, 7) is 0.821. The first-order valence-corrected chi connectivity index (χ1v) is 5.98. The van der Waals surface area contributed by atoms with Gasteiger partial charge in [-0.25, -0.2) is 5.48 Å². The first-order chi connectivity index (χ1) is 7.75. The lowest BCUT2D eigenvalue weighted by molar-refractivity contribution is -0.143. The summed E-state index contributed by atoms with van der Waals surface area (Å²) in [5.74, 6) is -0.154. The summed E-state index contributed by atoms with van der Waals surface area (Å²) in [6.07, 6.45) is 5.97. The van der Waals surface area contributed by atoms with E-state index in [2.05, 4.69) is 5.48 Å². The summed E-state index contributed by atoms with van der Waals surface area (Å²) in [7, 11) is 0. The third-order valence-corrected chi connectivity index (χ3v) is 3.15. The molecule has 1 aliphatic heterocycles. The van der Waals surface area contributed by atoms with Gasteiger partial charge in [0, 0.05) is 13.0 Å². The first-order valence-electron chi connectivity index (χ1n) is 5.98. The molecule has 1 saturated heterocycles. The Morgan fingerprint density at radius 3 is 2.75 bits per heavy atom. The van der Waals surface area contributed by atoms with E-state index >= 15 is 0 Å². The highest BCUT2D eigenvalue weighted by Crippen LogP contribution is 2.19. The second-order valence-corrected chi connectivity index (χ2v) is 4.47. The van der Waals surface area contributed by atoms with Gasteiger partial charge in [0.05, 0.1) is 6.10 Å². The predicted molar refractivity (Wildman–Crippen MR) is 57.3 cm³/mol. The van der Waals surface area contributed by atoms with Crippen molar-refractivity contribution in [2.75, 3.05) is 13.1 Å². The second kappa shape index (κ2) is 5.30. The molecule has 2 aliphatic rings. The second-order valence-electron chi connectivity index (χ2n) is 4.47. The van der Waals surface area contributed by atoms with Crippen molar-refractivity contribution in [2.24, 2.45) is 0 Å². The Morgan fingerprint density at radius 2 is 2.12 bits per heavy atom. The zero-order valence-electron chi connectivity index (χ0n) is 9.41. The Morgan fingerprint density at radius 1 is 1.38 bits per heavy atom. The van der Waals surface area contributed by atoms with Crippen LogP contribution in [0.25, 0.3) is 0 Å². The van der Waals surface area contributed by atoms with Crippen molar-refractivity contribution in [2.45, 2.75) is 44.6 Å². The fourth-order valence-electron chi connectivity index (χ4n) is 2.23. The molecule has 1 saturated carbocycles. The zero-order chi connectivity index (χ0) is 11.4. The molecule has 0 aromatic rings. The van der Waals surface area contributed by atoms with Crippen LogP contribution in [0.4, 0.5) is 0 Å². The van der Waals surface area contributed by atoms with Crippen LogP contribution in [0.15, 0.2) is 0 Å². The van der Waals surface area contributed by atoms with Crippen LogP contribution in [0.3, 0.4) is 0 Å². The number of hydrogen-bond donors (Lipinski definition) is 1. The molecule has 1 N–H and O–H groups in total. The number of carbonyl (C=O) groups excluding carboxylic acids is 2. The highest BCUT2D eigenvalue weighted by molar-refractivity contribution is 5.85. The number of hydrogen-bond acceptors (Lipinski definition) is 3. The van der Waals surface area contributed by atoms with Crippen molar-refractivity contribution < 1.29 is 14.4 Å². The number of nitrogens with zero attached hydrogens (tertiary/aromatic N) is 1. The van der Waals surface area contributed by atoms with Gasteiger partial charge in [-0.1, -0.05) is 12.8 Å². The molecule has 2 fully saturated rings. The third kappa shape index (κ3) is 2.95. The number of amides is 2. The molecule has 5 nitrogen and oxygen atoms in total. The third-order valence-electron chi connectivity index (χ3n) is 3.15. The van der Waals surface area contributed by atoms with Crippen LogP contribution < -0.4 is 5.48 Å². The van der Waals surface area contributed by atoms with Crippen LogP contribution in [0.1, 0.15) is 38.5 Å². The molecular weight excluding hydrogens is 208 g/mol. The average Bonchev–Trinajstić information content (AvgIpc) is 2.88. The maximum absolute atomic E-state index is 11.5. The number of rotatable bonds is 4. The molecule has 0 aromatic heterocycles. The summed E-state index contributed by atoms with van der Waals surface area (Å²) in [5, 5.41) is 0. The molecule has 2 rings (SSSR count). The van der Waals surface area contributed by atoms with Gasteiger partial charge in [0.25, 0.3) is 5.91 Å². The number of hydroxylamine groups is 1. The highest BCUT2D eigenvalue weighted by Gasteiger charge is 2.23. The SMILES string of the molecule is O=C(CN1CCCC1=O)NOC1CCCC1. The topological polar surface area (TPSA) is 58.6 Å². The van der Waals surface area contributed by atoms with E-state index in [1.165, 1.54) is 12.8 Å². The van der Waals surface area contributed by atoms with Crippen LogP contribution in [0.5, 0.6) is 0 Å². The molecule has 0 atom stereocenters. The molecule has 0 bridgehead atoms. The minimum atomic E-state index is -0.220. The Labute approximate surface area is 95.1 Å². The minimum Gasteiger partial charge on any atom is -0.333 e. The lowest BCUT2D eigenvalue weighted by Gasteiger charge is -2.16. The van der Waals surface area contributed by atoms with Crippen molar-refractivity contribution in [3.8, 4) is 0 Å². The maximum Gasteiger partial charge on any atom is 0.263 e. The van der Waals surface area contributed by atoms with Crippen LogP contribution in [0.2, 0.25) is 0 Å². The van der Waals surface area contributed by atoms with Gasteiger partial charge in [-0.05, 0) is 19.3 Å². The lowest BCUT2D eigenvalue weighted by atomic mass is 10.3. The van der Waals surface area contributed by atoms with E-state index in [1.54, 1.807) is 4.90 Å². The van der Waals surface area contributed by atoms with Crippen molar-refractivity contribution in [1.29, 1.82) is 0 Å². The van der Waals surface area contributed by atoms with Crippen molar-refractivity contribution in [1.82, 2.24) is 10.4 Å². The summed E-state index contributed by atoms with van der Waals surface area (Å²) in [5.41, 5.74) is 2.44. The van der Waals surface area contributed by atoms with E-state index in [1.807, 2.05) is 0 Å². The smallest absolute Gasteiger partial charge is 0.263 e. The molecule has 1 heterocycles. The maximum atomic E-state index is 11.5. The monoisotopic (exact) mass is 226 g/mol. The van der Waals surface area contributed by atoms with Gasteiger partial charge >= 0.3 is 0 Å². The van der Waals surface area contributed by atoms with Gasteiger partial charge < -0.3 is 4.90 Å². The van der Waals surface area contributed by atoms with Crippen LogP contribution >= 0.6 is 0 Å². The standard InChI is InChI=1S/C11H18N2O3/c14-10(8-13-7-3-6-11(13)15)12-16-9-4-1-2-5-9/h9H,1-8H2,(H,12,14). The van der Waals surface area contributed by atoms with E-state index in [4.69, 9.17) is 4.84 Å². The highest BCUT2D eigenvalue weighted by atomic mass is 16.7. The van der Waals surface area contributed by atoms with Gasteiger partial charge in [-0.3, -0.25) is 14.4 Å². The number of nitrogens with one attached hydrogen (secondary N) is 1. The van der Waals surface area contributed by atoms with Gasteiger partial charge in [-0.15, -0.1) is 0 Å². The Kier molecular flexibility index (Phi) is 3.77. The van der Waals surface area contributed by atoms with E-state index in [-0.39, 0.29) is 24.5 Å². The van der Waals surface area contributed by atoms with Crippen LogP contribution in [0, 0.1) is 0 Å². The number of carbonyl (C=O) groups is 2. The fraction of sp³-hybridized carbons (Fsp3) is 0.818. The summed E-state index contributed by atoms with van der Waals surface area (Å²) in [4.78, 5) is 29.6. The molecule has 5 heteroatoms. The molecule has 0 unspecified atom stereocenters. The molecular formula is C11H18N2O3. The average molecular weight is 226 g/mol. The molecule has 1 aliphatic carbocycles. The molecule has 0 aromatic carbocycles. The normalized spacial score (nSPS) is 21.8. The van der Waals surface area contributed by atoms with Gasteiger partial charge in [-0.2, -0.15) is 0 Å². The number of likely N-dealkylation sites (tertiary alicyclic amines) is 1. The Bertz CT molecular complexity index is 274. The summed E-state index contributed by atoms with van der Waals surface area (Å²) in [6, 6.07) is 0. The zero-order valence-corrected chi connectivity index (χ0v) is 9.41. The first kappa shape index (κ1) is 11.4. The van der Waals surface area contributed by atoms with Crippen molar-refractivity contribution >= 4 is 11.8 Å².